The van der Waals surface area contributed by atoms with Gasteiger partial charge < -0.3 is 4.74 Å². The number of aromatic nitrogens is 2. The summed E-state index contributed by atoms with van der Waals surface area (Å²) in [5, 5.41) is 0. The highest BCUT2D eigenvalue weighted by Gasteiger charge is 2.21. The van der Waals surface area contributed by atoms with Gasteiger partial charge in [0, 0.05) is 24.4 Å². The molecule has 0 unspecified atom stereocenters. The molecule has 1 heterocycles. The summed E-state index contributed by atoms with van der Waals surface area (Å²) in [5.74, 6) is 3.81. The van der Waals surface area contributed by atoms with Crippen LogP contribution in [0.1, 0.15) is 122 Å². The maximum absolute atomic E-state index is 5.89. The Hall–Kier alpha value is -1.90. The first-order valence-corrected chi connectivity index (χ1v) is 14.8. The summed E-state index contributed by atoms with van der Waals surface area (Å²) in [6.07, 6.45) is 26.8. The first-order valence-electron chi connectivity index (χ1n) is 14.8. The number of rotatable bonds is 17. The molecule has 0 spiro atoms. The largest absolute Gasteiger partial charge is 0.494 e. The first-order chi connectivity index (χ1) is 17.3. The summed E-state index contributed by atoms with van der Waals surface area (Å²) < 4.78 is 5.89. The van der Waals surface area contributed by atoms with Crippen LogP contribution in [0.25, 0.3) is 11.1 Å². The summed E-state index contributed by atoms with van der Waals surface area (Å²) in [6, 6.07) is 8.37. The monoisotopic (exact) mass is 478 g/mol. The van der Waals surface area contributed by atoms with Gasteiger partial charge in [-0.15, -0.1) is 0 Å². The molecular formula is C32H50N2O. The van der Waals surface area contributed by atoms with Crippen molar-refractivity contribution in [3.63, 3.8) is 0 Å². The predicted molar refractivity (Wildman–Crippen MR) is 149 cm³/mol. The number of ether oxygens (including phenoxy) is 1. The molecule has 0 atom stereocenters. The van der Waals surface area contributed by atoms with Crippen molar-refractivity contribution in [1.29, 1.82) is 0 Å². The van der Waals surface area contributed by atoms with Gasteiger partial charge in [-0.3, -0.25) is 0 Å². The van der Waals surface area contributed by atoms with Crippen LogP contribution in [0.2, 0.25) is 0 Å². The van der Waals surface area contributed by atoms with Gasteiger partial charge in [0.05, 0.1) is 6.61 Å². The Morgan fingerprint density at radius 1 is 0.657 bits per heavy atom. The van der Waals surface area contributed by atoms with Crippen molar-refractivity contribution in [2.24, 2.45) is 11.8 Å². The molecule has 1 saturated carbocycles. The van der Waals surface area contributed by atoms with Gasteiger partial charge in [0.15, 0.2) is 0 Å². The van der Waals surface area contributed by atoms with E-state index in [0.717, 1.165) is 54.0 Å². The number of nitrogens with zero attached hydrogens (tertiary/aromatic N) is 2. The third kappa shape index (κ3) is 10.7. The van der Waals surface area contributed by atoms with Crippen LogP contribution < -0.4 is 4.74 Å². The summed E-state index contributed by atoms with van der Waals surface area (Å²) in [4.78, 5) is 9.37. The lowest BCUT2D eigenvalue weighted by Crippen LogP contribution is -2.15. The van der Waals surface area contributed by atoms with Crippen molar-refractivity contribution in [1.82, 2.24) is 9.97 Å². The van der Waals surface area contributed by atoms with Crippen molar-refractivity contribution >= 4 is 0 Å². The molecule has 2 aromatic rings. The van der Waals surface area contributed by atoms with Gasteiger partial charge in [-0.1, -0.05) is 116 Å². The minimum Gasteiger partial charge on any atom is -0.494 e. The van der Waals surface area contributed by atoms with E-state index in [1.807, 2.05) is 12.4 Å². The number of hydrogen-bond donors (Lipinski definition) is 0. The third-order valence-electron chi connectivity index (χ3n) is 7.87. The Morgan fingerprint density at radius 2 is 1.23 bits per heavy atom. The molecule has 194 valence electrons. The van der Waals surface area contributed by atoms with E-state index in [2.05, 4.69) is 48.1 Å². The molecule has 1 aliphatic rings. The van der Waals surface area contributed by atoms with Crippen LogP contribution in [0, 0.1) is 11.8 Å². The van der Waals surface area contributed by atoms with Crippen LogP contribution >= 0.6 is 0 Å². The quantitative estimate of drug-likeness (QED) is 0.212. The minimum absolute atomic E-state index is 0.807. The second-order valence-corrected chi connectivity index (χ2v) is 10.8. The standard InChI is InChI=1S/C32H50N2O/c1-3-5-7-9-11-13-27-14-16-28(17-15-27)18-23-32-33-25-30(26-34-32)29-19-21-31(22-20-29)35-24-12-10-8-6-4-2/h19-22,25-28H,3-18,23-24H2,1-2H3. The molecular weight excluding hydrogens is 428 g/mol. The first kappa shape index (κ1) is 27.7. The van der Waals surface area contributed by atoms with Gasteiger partial charge in [0.1, 0.15) is 11.6 Å². The second-order valence-electron chi connectivity index (χ2n) is 10.8. The van der Waals surface area contributed by atoms with Crippen LogP contribution in [0.4, 0.5) is 0 Å². The molecule has 0 aliphatic heterocycles. The number of benzene rings is 1. The average Bonchev–Trinajstić information content (AvgIpc) is 2.91. The predicted octanol–water partition coefficient (Wildman–Crippen LogP) is 9.59. The Bertz CT molecular complexity index is 778. The average molecular weight is 479 g/mol. The molecule has 0 amide bonds. The Balaban J connectivity index is 1.32. The Morgan fingerprint density at radius 3 is 1.86 bits per heavy atom. The summed E-state index contributed by atoms with van der Waals surface area (Å²) >= 11 is 0. The third-order valence-corrected chi connectivity index (χ3v) is 7.87. The maximum atomic E-state index is 5.89. The Kier molecular flexibility index (Phi) is 13.2. The molecule has 3 nitrogen and oxygen atoms in total. The van der Waals surface area contributed by atoms with E-state index in [1.54, 1.807) is 0 Å². The highest BCUT2D eigenvalue weighted by Crippen LogP contribution is 2.34. The van der Waals surface area contributed by atoms with Crippen LogP contribution in [-0.2, 0) is 6.42 Å². The lowest BCUT2D eigenvalue weighted by Gasteiger charge is -2.28. The number of hydrogen-bond acceptors (Lipinski definition) is 3. The van der Waals surface area contributed by atoms with E-state index in [4.69, 9.17) is 4.74 Å². The lowest BCUT2D eigenvalue weighted by molar-refractivity contribution is 0.248. The van der Waals surface area contributed by atoms with Crippen molar-refractivity contribution in [3.8, 4) is 16.9 Å². The van der Waals surface area contributed by atoms with Crippen molar-refractivity contribution in [3.05, 3.63) is 42.5 Å². The van der Waals surface area contributed by atoms with Gasteiger partial charge in [0.25, 0.3) is 0 Å². The van der Waals surface area contributed by atoms with E-state index >= 15 is 0 Å². The van der Waals surface area contributed by atoms with Gasteiger partial charge in [-0.05, 0) is 42.4 Å². The molecule has 35 heavy (non-hydrogen) atoms. The van der Waals surface area contributed by atoms with E-state index in [9.17, 15) is 0 Å². The van der Waals surface area contributed by atoms with Crippen LogP contribution in [-0.4, -0.2) is 16.6 Å². The molecule has 0 N–H and O–H groups in total. The molecule has 1 aliphatic carbocycles. The summed E-state index contributed by atoms with van der Waals surface area (Å²) in [7, 11) is 0. The lowest BCUT2D eigenvalue weighted by atomic mass is 9.78. The fraction of sp³-hybridized carbons (Fsp3) is 0.688. The summed E-state index contributed by atoms with van der Waals surface area (Å²) in [6.45, 7) is 5.35. The van der Waals surface area contributed by atoms with E-state index in [-0.39, 0.29) is 0 Å². The number of unbranched alkanes of at least 4 members (excludes halogenated alkanes) is 8. The van der Waals surface area contributed by atoms with Crippen LogP contribution in [0.15, 0.2) is 36.7 Å². The normalized spacial score (nSPS) is 18.0. The maximum Gasteiger partial charge on any atom is 0.128 e. The van der Waals surface area contributed by atoms with Gasteiger partial charge in [-0.25, -0.2) is 9.97 Å². The fourth-order valence-corrected chi connectivity index (χ4v) is 5.45. The highest BCUT2D eigenvalue weighted by molar-refractivity contribution is 5.62. The van der Waals surface area contributed by atoms with Crippen molar-refractivity contribution in [2.75, 3.05) is 6.61 Å². The van der Waals surface area contributed by atoms with E-state index in [1.165, 1.54) is 96.3 Å². The smallest absolute Gasteiger partial charge is 0.128 e. The number of aryl methyl sites for hydroxylation is 1. The minimum atomic E-state index is 0.807. The zero-order valence-electron chi connectivity index (χ0n) is 22.6. The highest BCUT2D eigenvalue weighted by atomic mass is 16.5. The zero-order valence-corrected chi connectivity index (χ0v) is 22.6. The van der Waals surface area contributed by atoms with E-state index in [0.29, 0.717) is 0 Å². The molecule has 3 rings (SSSR count). The van der Waals surface area contributed by atoms with Gasteiger partial charge in [0.2, 0.25) is 0 Å². The molecule has 0 radical (unpaired) electrons. The zero-order chi connectivity index (χ0) is 24.6. The van der Waals surface area contributed by atoms with Crippen LogP contribution in [0.5, 0.6) is 5.75 Å². The van der Waals surface area contributed by atoms with Gasteiger partial charge >= 0.3 is 0 Å². The molecule has 3 heteroatoms. The SMILES string of the molecule is CCCCCCCOc1ccc(-c2cnc(CCC3CCC(CCCCCCC)CC3)nc2)cc1. The van der Waals surface area contributed by atoms with Crippen LogP contribution in [0.3, 0.4) is 0 Å². The molecule has 1 aromatic heterocycles. The summed E-state index contributed by atoms with van der Waals surface area (Å²) in [5.41, 5.74) is 2.24. The fourth-order valence-electron chi connectivity index (χ4n) is 5.45. The topological polar surface area (TPSA) is 35.0 Å². The Labute approximate surface area is 215 Å². The van der Waals surface area contributed by atoms with Gasteiger partial charge in [-0.2, -0.15) is 0 Å². The van der Waals surface area contributed by atoms with Crippen molar-refractivity contribution < 1.29 is 4.74 Å². The molecule has 0 bridgehead atoms. The van der Waals surface area contributed by atoms with Crippen molar-refractivity contribution in [2.45, 2.75) is 123 Å². The molecule has 1 fully saturated rings. The molecule has 0 saturated heterocycles. The van der Waals surface area contributed by atoms with E-state index < -0.39 is 0 Å². The molecule has 1 aromatic carbocycles. The second kappa shape index (κ2) is 16.7.